The minimum absolute atomic E-state index is 0.0177. The molecule has 0 saturated heterocycles. The third-order valence-electron chi connectivity index (χ3n) is 2.43. The molecule has 0 saturated carbocycles. The highest BCUT2D eigenvalue weighted by Crippen LogP contribution is 2.27. The van der Waals surface area contributed by atoms with Crippen LogP contribution in [0.3, 0.4) is 0 Å². The van der Waals surface area contributed by atoms with Gasteiger partial charge >= 0.3 is 0 Å². The Morgan fingerprint density at radius 1 is 1.47 bits per heavy atom. The van der Waals surface area contributed by atoms with E-state index in [0.717, 1.165) is 17.4 Å². The van der Waals surface area contributed by atoms with Crippen LogP contribution in [0.15, 0.2) is 22.7 Å². The molecule has 0 aliphatic rings. The molecule has 106 valence electrons. The van der Waals surface area contributed by atoms with E-state index in [9.17, 15) is 4.79 Å². The first-order chi connectivity index (χ1) is 8.99. The second-order valence-corrected chi connectivity index (χ2v) is 5.85. The third-order valence-corrected chi connectivity index (χ3v) is 3.22. The van der Waals surface area contributed by atoms with E-state index >= 15 is 0 Å². The molecule has 0 atom stereocenters. The fraction of sp³-hybridized carbons (Fsp3) is 0.462. The van der Waals surface area contributed by atoms with Crippen molar-refractivity contribution in [2.45, 2.75) is 6.42 Å². The van der Waals surface area contributed by atoms with Crippen molar-refractivity contribution >= 4 is 33.4 Å². The molecule has 0 fully saturated rings. The number of nitrogens with one attached hydrogen (secondary N) is 2. The SMILES string of the molecule is C[NH+](C)CCCNC(=O)COc1ccc(Br)cc1Cl. The fourth-order valence-corrected chi connectivity index (χ4v) is 2.18. The van der Waals surface area contributed by atoms with Crippen LogP contribution in [0.1, 0.15) is 6.42 Å². The first kappa shape index (κ1) is 16.3. The quantitative estimate of drug-likeness (QED) is 0.724. The maximum Gasteiger partial charge on any atom is 0.257 e. The van der Waals surface area contributed by atoms with Gasteiger partial charge in [0.1, 0.15) is 5.75 Å². The molecule has 4 nitrogen and oxygen atoms in total. The lowest BCUT2D eigenvalue weighted by atomic mass is 10.3. The van der Waals surface area contributed by atoms with Crippen molar-refractivity contribution in [1.29, 1.82) is 0 Å². The summed E-state index contributed by atoms with van der Waals surface area (Å²) in [6.45, 7) is 1.68. The molecule has 0 heterocycles. The Morgan fingerprint density at radius 3 is 2.84 bits per heavy atom. The molecule has 0 bridgehead atoms. The molecular weight excluding hydrogens is 332 g/mol. The molecule has 2 N–H and O–H groups in total. The highest BCUT2D eigenvalue weighted by molar-refractivity contribution is 9.10. The normalized spacial score (nSPS) is 10.6. The Labute approximate surface area is 127 Å². The molecule has 0 aromatic heterocycles. The predicted molar refractivity (Wildman–Crippen MR) is 80.0 cm³/mol. The summed E-state index contributed by atoms with van der Waals surface area (Å²) in [6.07, 6.45) is 0.952. The van der Waals surface area contributed by atoms with Crippen molar-refractivity contribution in [3.63, 3.8) is 0 Å². The Hall–Kier alpha value is -0.780. The molecule has 1 rings (SSSR count). The van der Waals surface area contributed by atoms with Crippen molar-refractivity contribution in [1.82, 2.24) is 5.32 Å². The first-order valence-electron chi connectivity index (χ1n) is 6.12. The van der Waals surface area contributed by atoms with Crippen LogP contribution in [0.4, 0.5) is 0 Å². The number of carbonyl (C=O) groups is 1. The third kappa shape index (κ3) is 6.80. The van der Waals surface area contributed by atoms with Gasteiger partial charge in [-0.1, -0.05) is 27.5 Å². The first-order valence-corrected chi connectivity index (χ1v) is 7.29. The monoisotopic (exact) mass is 349 g/mol. The van der Waals surface area contributed by atoms with Gasteiger partial charge in [0, 0.05) is 17.4 Å². The van der Waals surface area contributed by atoms with Gasteiger partial charge in [-0.05, 0) is 18.2 Å². The Kier molecular flexibility index (Phi) is 7.20. The minimum Gasteiger partial charge on any atom is -0.482 e. The van der Waals surface area contributed by atoms with Crippen molar-refractivity contribution in [3.05, 3.63) is 27.7 Å². The topological polar surface area (TPSA) is 42.8 Å². The van der Waals surface area contributed by atoms with E-state index < -0.39 is 0 Å². The molecule has 6 heteroatoms. The summed E-state index contributed by atoms with van der Waals surface area (Å²) in [7, 11) is 4.17. The van der Waals surface area contributed by atoms with E-state index in [1.807, 2.05) is 6.07 Å². The second kappa shape index (κ2) is 8.40. The minimum atomic E-state index is -0.132. The molecule has 0 unspecified atom stereocenters. The van der Waals surface area contributed by atoms with Gasteiger partial charge in [0.2, 0.25) is 0 Å². The van der Waals surface area contributed by atoms with Gasteiger partial charge in [-0.25, -0.2) is 0 Å². The number of carbonyl (C=O) groups excluding carboxylic acids is 1. The summed E-state index contributed by atoms with van der Waals surface area (Å²) < 4.78 is 6.24. The highest BCUT2D eigenvalue weighted by Gasteiger charge is 2.06. The number of rotatable bonds is 7. The molecule has 0 aliphatic carbocycles. The van der Waals surface area contributed by atoms with E-state index in [4.69, 9.17) is 16.3 Å². The highest BCUT2D eigenvalue weighted by atomic mass is 79.9. The number of quaternary nitrogens is 1. The van der Waals surface area contributed by atoms with Gasteiger partial charge in [-0.3, -0.25) is 4.79 Å². The van der Waals surface area contributed by atoms with Crippen LogP contribution < -0.4 is 15.0 Å². The number of halogens is 2. The van der Waals surface area contributed by atoms with Crippen molar-refractivity contribution in [2.24, 2.45) is 0 Å². The van der Waals surface area contributed by atoms with Crippen LogP contribution in [-0.2, 0) is 4.79 Å². The molecule has 19 heavy (non-hydrogen) atoms. The van der Waals surface area contributed by atoms with Crippen molar-refractivity contribution in [3.8, 4) is 5.75 Å². The van der Waals surface area contributed by atoms with Crippen LogP contribution in [0.5, 0.6) is 5.75 Å². The zero-order chi connectivity index (χ0) is 14.3. The van der Waals surface area contributed by atoms with Gasteiger partial charge in [0.15, 0.2) is 6.61 Å². The lowest BCUT2D eigenvalue weighted by Crippen LogP contribution is -3.05. The predicted octanol–water partition coefficient (Wildman–Crippen LogP) is 1.13. The molecule has 0 aliphatic heterocycles. The van der Waals surface area contributed by atoms with E-state index in [1.165, 1.54) is 4.90 Å². The Bertz CT molecular complexity index is 427. The summed E-state index contributed by atoms with van der Waals surface area (Å²) >= 11 is 9.29. The van der Waals surface area contributed by atoms with E-state index in [0.29, 0.717) is 17.3 Å². The Balaban J connectivity index is 2.26. The van der Waals surface area contributed by atoms with Gasteiger partial charge in [0.25, 0.3) is 5.91 Å². The average Bonchev–Trinajstić information content (AvgIpc) is 2.33. The molecule has 0 spiro atoms. The van der Waals surface area contributed by atoms with Gasteiger partial charge in [-0.2, -0.15) is 0 Å². The second-order valence-electron chi connectivity index (χ2n) is 4.52. The zero-order valence-electron chi connectivity index (χ0n) is 11.1. The van der Waals surface area contributed by atoms with Gasteiger partial charge < -0.3 is 15.0 Å². The molecule has 1 aromatic carbocycles. The van der Waals surface area contributed by atoms with Crippen molar-refractivity contribution < 1.29 is 14.4 Å². The summed E-state index contributed by atoms with van der Waals surface area (Å²) in [5.74, 6) is 0.380. The lowest BCUT2D eigenvalue weighted by molar-refractivity contribution is -0.858. The van der Waals surface area contributed by atoms with Crippen LogP contribution in [0.25, 0.3) is 0 Å². The average molecular weight is 351 g/mol. The number of hydrogen-bond acceptors (Lipinski definition) is 2. The van der Waals surface area contributed by atoms with Crippen LogP contribution in [-0.4, -0.2) is 39.7 Å². The summed E-state index contributed by atoms with van der Waals surface area (Å²) in [4.78, 5) is 12.9. The molecule has 1 aromatic rings. The maximum atomic E-state index is 11.5. The van der Waals surface area contributed by atoms with Gasteiger partial charge in [0.05, 0.1) is 25.7 Å². The standard InChI is InChI=1S/C13H18BrClN2O2/c1-17(2)7-3-6-16-13(18)9-19-12-5-4-10(14)8-11(12)15/h4-5,8H,3,6-7,9H2,1-2H3,(H,16,18)/p+1. The van der Waals surface area contributed by atoms with Crippen LogP contribution in [0, 0.1) is 0 Å². The van der Waals surface area contributed by atoms with Crippen molar-refractivity contribution in [2.75, 3.05) is 33.8 Å². The molecule has 1 amide bonds. The zero-order valence-corrected chi connectivity index (χ0v) is 13.5. The number of amides is 1. The van der Waals surface area contributed by atoms with Crippen LogP contribution in [0.2, 0.25) is 5.02 Å². The summed E-state index contributed by atoms with van der Waals surface area (Å²) in [5, 5.41) is 3.29. The van der Waals surface area contributed by atoms with Gasteiger partial charge in [-0.15, -0.1) is 0 Å². The maximum absolute atomic E-state index is 11.5. The summed E-state index contributed by atoms with van der Waals surface area (Å²) in [6, 6.07) is 5.28. The molecular formula is C13H19BrClN2O2+. The fourth-order valence-electron chi connectivity index (χ4n) is 1.46. The van der Waals surface area contributed by atoms with E-state index in [2.05, 4.69) is 35.3 Å². The number of ether oxygens (including phenoxy) is 1. The van der Waals surface area contributed by atoms with E-state index in [1.54, 1.807) is 12.1 Å². The summed E-state index contributed by atoms with van der Waals surface area (Å²) in [5.41, 5.74) is 0. The smallest absolute Gasteiger partial charge is 0.257 e. The lowest BCUT2D eigenvalue weighted by Gasteiger charge is -2.10. The van der Waals surface area contributed by atoms with E-state index in [-0.39, 0.29) is 12.5 Å². The number of benzene rings is 1. The Morgan fingerprint density at radius 2 is 2.21 bits per heavy atom. The molecule has 0 radical (unpaired) electrons. The number of hydrogen-bond donors (Lipinski definition) is 2. The largest absolute Gasteiger partial charge is 0.482 e. The van der Waals surface area contributed by atoms with Crippen LogP contribution >= 0.6 is 27.5 Å².